The predicted molar refractivity (Wildman–Crippen MR) is 120 cm³/mol. The van der Waals surface area contributed by atoms with Crippen LogP contribution in [-0.4, -0.2) is 47.4 Å². The Labute approximate surface area is 179 Å². The van der Waals surface area contributed by atoms with Crippen LogP contribution in [0.4, 0.5) is 16.3 Å². The van der Waals surface area contributed by atoms with Crippen molar-refractivity contribution in [1.29, 1.82) is 0 Å². The normalized spacial score (nSPS) is 11.0. The van der Waals surface area contributed by atoms with E-state index in [0.29, 0.717) is 49.1 Å². The van der Waals surface area contributed by atoms with E-state index in [1.54, 1.807) is 25.6 Å². The third kappa shape index (κ3) is 4.67. The summed E-state index contributed by atoms with van der Waals surface area (Å²) < 4.78 is 12.8. The number of urea groups is 1. The second kappa shape index (κ2) is 9.31. The number of anilines is 2. The lowest BCUT2D eigenvalue weighted by molar-refractivity contribution is 0.130. The molecule has 4 aromatic rings. The Morgan fingerprint density at radius 2 is 2.03 bits per heavy atom. The number of nitrogen functional groups attached to an aromatic ring is 1. The molecular weight excluding hydrogens is 396 g/mol. The molecule has 31 heavy (non-hydrogen) atoms. The largest absolute Gasteiger partial charge is 0.497 e. The number of benzene rings is 2. The number of nitrogens with one attached hydrogen (secondary N) is 2. The SMILES string of the molecule is COc1cccc(NC(=O)NCCOCCn2cnc3c(N)nc4ccccc4c32)c1. The zero-order chi connectivity index (χ0) is 21.6. The van der Waals surface area contributed by atoms with Crippen molar-refractivity contribution in [2.75, 3.05) is 37.9 Å². The van der Waals surface area contributed by atoms with Crippen molar-refractivity contribution < 1.29 is 14.3 Å². The monoisotopic (exact) mass is 420 g/mol. The Balaban J connectivity index is 1.26. The number of fused-ring (bicyclic) bond motifs is 3. The van der Waals surface area contributed by atoms with Crippen LogP contribution in [0.15, 0.2) is 54.9 Å². The number of nitrogens with two attached hydrogens (primary N) is 1. The standard InChI is InChI=1S/C22H24N6O3/c1-30-16-6-4-5-15(13-16)26-22(29)24-9-11-31-12-10-28-14-25-19-20(28)17-7-2-3-8-18(17)27-21(19)23/h2-8,13-14H,9-12H2,1H3,(H2,23,27)(H2,24,26,29). The van der Waals surface area contributed by atoms with E-state index in [0.717, 1.165) is 16.4 Å². The summed E-state index contributed by atoms with van der Waals surface area (Å²) in [6.07, 6.45) is 1.75. The molecule has 2 aromatic carbocycles. The van der Waals surface area contributed by atoms with Crippen LogP contribution >= 0.6 is 0 Å². The third-order valence-electron chi connectivity index (χ3n) is 4.82. The Kier molecular flexibility index (Phi) is 6.13. The van der Waals surface area contributed by atoms with Gasteiger partial charge in [-0.25, -0.2) is 14.8 Å². The molecule has 160 valence electrons. The molecule has 9 heteroatoms. The highest BCUT2D eigenvalue weighted by Crippen LogP contribution is 2.26. The van der Waals surface area contributed by atoms with Crippen LogP contribution in [0.25, 0.3) is 21.9 Å². The molecule has 2 aromatic heterocycles. The summed E-state index contributed by atoms with van der Waals surface area (Å²) in [4.78, 5) is 20.8. The molecule has 0 spiro atoms. The minimum Gasteiger partial charge on any atom is -0.497 e. The third-order valence-corrected chi connectivity index (χ3v) is 4.82. The molecule has 4 N–H and O–H groups in total. The maximum atomic E-state index is 12.0. The Bertz CT molecular complexity index is 1210. The minimum absolute atomic E-state index is 0.299. The molecular formula is C22H24N6O3. The molecule has 0 atom stereocenters. The number of carbonyl (C=O) groups excluding carboxylic acids is 1. The topological polar surface area (TPSA) is 116 Å². The van der Waals surface area contributed by atoms with Gasteiger partial charge in [0, 0.05) is 30.2 Å². The fourth-order valence-corrected chi connectivity index (χ4v) is 3.35. The molecule has 0 saturated heterocycles. The number of nitrogens with zero attached hydrogens (tertiary/aromatic N) is 3. The van der Waals surface area contributed by atoms with Gasteiger partial charge in [-0.2, -0.15) is 0 Å². The summed E-state index contributed by atoms with van der Waals surface area (Å²) in [5.74, 6) is 1.10. The first-order chi connectivity index (χ1) is 15.2. The van der Waals surface area contributed by atoms with Gasteiger partial charge < -0.3 is 30.4 Å². The van der Waals surface area contributed by atoms with Crippen molar-refractivity contribution in [1.82, 2.24) is 19.9 Å². The van der Waals surface area contributed by atoms with E-state index in [2.05, 4.69) is 20.6 Å². The lowest BCUT2D eigenvalue weighted by Crippen LogP contribution is -2.31. The number of amides is 2. The van der Waals surface area contributed by atoms with Crippen molar-refractivity contribution in [2.45, 2.75) is 6.54 Å². The first-order valence-corrected chi connectivity index (χ1v) is 9.91. The van der Waals surface area contributed by atoms with E-state index in [1.807, 2.05) is 41.0 Å². The molecule has 0 aliphatic carbocycles. The van der Waals surface area contributed by atoms with Gasteiger partial charge in [0.2, 0.25) is 0 Å². The molecule has 0 saturated carbocycles. The number of hydrogen-bond acceptors (Lipinski definition) is 6. The van der Waals surface area contributed by atoms with Crippen LogP contribution in [0.3, 0.4) is 0 Å². The second-order valence-electron chi connectivity index (χ2n) is 6.87. The van der Waals surface area contributed by atoms with Crippen molar-refractivity contribution in [3.63, 3.8) is 0 Å². The van der Waals surface area contributed by atoms with E-state index in [-0.39, 0.29) is 6.03 Å². The van der Waals surface area contributed by atoms with E-state index < -0.39 is 0 Å². The lowest BCUT2D eigenvalue weighted by atomic mass is 10.2. The van der Waals surface area contributed by atoms with E-state index in [4.69, 9.17) is 15.2 Å². The maximum Gasteiger partial charge on any atom is 0.319 e. The van der Waals surface area contributed by atoms with Gasteiger partial charge in [0.25, 0.3) is 0 Å². The Morgan fingerprint density at radius 1 is 1.16 bits per heavy atom. The summed E-state index contributed by atoms with van der Waals surface area (Å²) in [6, 6.07) is 14.7. The quantitative estimate of drug-likeness (QED) is 0.377. The van der Waals surface area contributed by atoms with Crippen molar-refractivity contribution in [3.8, 4) is 5.75 Å². The predicted octanol–water partition coefficient (Wildman–Crippen LogP) is 3.01. The lowest BCUT2D eigenvalue weighted by Gasteiger charge is -2.10. The first-order valence-electron chi connectivity index (χ1n) is 9.91. The average Bonchev–Trinajstić information content (AvgIpc) is 3.21. The van der Waals surface area contributed by atoms with E-state index >= 15 is 0 Å². The molecule has 2 heterocycles. The second-order valence-corrected chi connectivity index (χ2v) is 6.87. The molecule has 0 aliphatic heterocycles. The van der Waals surface area contributed by atoms with Crippen molar-refractivity contribution in [3.05, 3.63) is 54.9 Å². The van der Waals surface area contributed by atoms with Gasteiger partial charge in [0.1, 0.15) is 11.3 Å². The van der Waals surface area contributed by atoms with E-state index in [9.17, 15) is 4.79 Å². The van der Waals surface area contributed by atoms with Crippen LogP contribution in [0.1, 0.15) is 0 Å². The fraction of sp³-hybridized carbons (Fsp3) is 0.227. The van der Waals surface area contributed by atoms with Crippen LogP contribution in [0.5, 0.6) is 5.75 Å². The van der Waals surface area contributed by atoms with E-state index in [1.165, 1.54) is 0 Å². The summed E-state index contributed by atoms with van der Waals surface area (Å²) in [5, 5.41) is 6.52. The number of hydrogen-bond donors (Lipinski definition) is 3. The molecule has 4 rings (SSSR count). The Hall–Kier alpha value is -3.85. The average molecular weight is 420 g/mol. The van der Waals surface area contributed by atoms with Gasteiger partial charge in [-0.1, -0.05) is 24.3 Å². The molecule has 0 radical (unpaired) electrons. The zero-order valence-electron chi connectivity index (χ0n) is 17.2. The number of pyridine rings is 1. The van der Waals surface area contributed by atoms with Crippen LogP contribution in [0, 0.1) is 0 Å². The van der Waals surface area contributed by atoms with Gasteiger partial charge in [-0.15, -0.1) is 0 Å². The van der Waals surface area contributed by atoms with Crippen molar-refractivity contribution >= 4 is 39.5 Å². The number of para-hydroxylation sites is 1. The van der Waals surface area contributed by atoms with Crippen molar-refractivity contribution in [2.24, 2.45) is 0 Å². The molecule has 2 amide bonds. The molecule has 0 unspecified atom stereocenters. The molecule has 0 fully saturated rings. The Morgan fingerprint density at radius 3 is 2.90 bits per heavy atom. The fourth-order valence-electron chi connectivity index (χ4n) is 3.35. The summed E-state index contributed by atoms with van der Waals surface area (Å²) in [5.41, 5.74) is 9.19. The van der Waals surface area contributed by atoms with Gasteiger partial charge in [-0.3, -0.25) is 0 Å². The number of rotatable bonds is 8. The maximum absolute atomic E-state index is 12.0. The van der Waals surface area contributed by atoms with Gasteiger partial charge in [0.05, 0.1) is 37.7 Å². The molecule has 0 bridgehead atoms. The molecule has 9 nitrogen and oxygen atoms in total. The number of aromatic nitrogens is 3. The number of carbonyl (C=O) groups is 1. The first kappa shape index (κ1) is 20.4. The summed E-state index contributed by atoms with van der Waals surface area (Å²) in [7, 11) is 1.58. The minimum atomic E-state index is -0.299. The van der Waals surface area contributed by atoms with Crippen LogP contribution in [-0.2, 0) is 11.3 Å². The number of imidazole rings is 1. The smallest absolute Gasteiger partial charge is 0.319 e. The van der Waals surface area contributed by atoms with Gasteiger partial charge >= 0.3 is 6.03 Å². The van der Waals surface area contributed by atoms with Crippen LogP contribution in [0.2, 0.25) is 0 Å². The number of methoxy groups -OCH3 is 1. The number of ether oxygens (including phenoxy) is 2. The van der Waals surface area contributed by atoms with Gasteiger partial charge in [0.15, 0.2) is 5.82 Å². The summed E-state index contributed by atoms with van der Waals surface area (Å²) >= 11 is 0. The highest BCUT2D eigenvalue weighted by atomic mass is 16.5. The highest BCUT2D eigenvalue weighted by Gasteiger charge is 2.11. The molecule has 0 aliphatic rings. The highest BCUT2D eigenvalue weighted by molar-refractivity contribution is 6.06. The zero-order valence-corrected chi connectivity index (χ0v) is 17.2. The summed E-state index contributed by atoms with van der Waals surface area (Å²) in [6.45, 7) is 1.87. The van der Waals surface area contributed by atoms with Crippen LogP contribution < -0.4 is 21.1 Å². The van der Waals surface area contributed by atoms with Gasteiger partial charge in [-0.05, 0) is 18.2 Å².